The Labute approximate surface area is 96.8 Å². The SMILES string of the molecule is N#CCCc1ccc(I)c(CCl)c1. The predicted molar refractivity (Wildman–Crippen MR) is 62.7 cm³/mol. The van der Waals surface area contributed by atoms with Gasteiger partial charge in [0.15, 0.2) is 0 Å². The Morgan fingerprint density at radius 1 is 1.46 bits per heavy atom. The molecular formula is C10H9ClIN. The molecule has 0 aromatic heterocycles. The van der Waals surface area contributed by atoms with Gasteiger partial charge < -0.3 is 0 Å². The van der Waals surface area contributed by atoms with Gasteiger partial charge in [-0.25, -0.2) is 0 Å². The maximum atomic E-state index is 8.43. The van der Waals surface area contributed by atoms with Crippen molar-refractivity contribution in [3.63, 3.8) is 0 Å². The molecular weight excluding hydrogens is 296 g/mol. The number of nitrogens with zero attached hydrogens (tertiary/aromatic N) is 1. The molecule has 0 spiro atoms. The summed E-state index contributed by atoms with van der Waals surface area (Å²) in [6.07, 6.45) is 1.39. The van der Waals surface area contributed by atoms with Gasteiger partial charge in [0.2, 0.25) is 0 Å². The molecule has 0 fully saturated rings. The highest BCUT2D eigenvalue weighted by Crippen LogP contribution is 2.17. The van der Waals surface area contributed by atoms with Crippen LogP contribution in [0.5, 0.6) is 0 Å². The molecule has 0 heterocycles. The molecule has 0 atom stereocenters. The maximum Gasteiger partial charge on any atom is 0.0625 e. The van der Waals surface area contributed by atoms with Crippen molar-refractivity contribution in [2.45, 2.75) is 18.7 Å². The van der Waals surface area contributed by atoms with Crippen LogP contribution in [0.15, 0.2) is 18.2 Å². The Bertz CT molecular complexity index is 330. The minimum atomic E-state index is 0.540. The second kappa shape index (κ2) is 5.46. The molecule has 1 aromatic carbocycles. The number of hydrogen-bond acceptors (Lipinski definition) is 1. The van der Waals surface area contributed by atoms with Crippen LogP contribution in [0.2, 0.25) is 0 Å². The van der Waals surface area contributed by atoms with Crippen LogP contribution in [0.1, 0.15) is 17.5 Å². The molecule has 1 aromatic rings. The van der Waals surface area contributed by atoms with Crippen LogP contribution in [-0.2, 0) is 12.3 Å². The van der Waals surface area contributed by atoms with Gasteiger partial charge in [-0.05, 0) is 46.2 Å². The van der Waals surface area contributed by atoms with Gasteiger partial charge in [-0.2, -0.15) is 5.26 Å². The molecule has 0 saturated heterocycles. The topological polar surface area (TPSA) is 23.8 Å². The van der Waals surface area contributed by atoms with E-state index in [0.29, 0.717) is 12.3 Å². The summed E-state index contributed by atoms with van der Waals surface area (Å²) in [4.78, 5) is 0. The lowest BCUT2D eigenvalue weighted by molar-refractivity contribution is 1.01. The summed E-state index contributed by atoms with van der Waals surface area (Å²) in [7, 11) is 0. The lowest BCUT2D eigenvalue weighted by Crippen LogP contribution is -1.89. The van der Waals surface area contributed by atoms with Crippen molar-refractivity contribution >= 4 is 34.2 Å². The fourth-order valence-corrected chi connectivity index (χ4v) is 2.06. The number of nitriles is 1. The van der Waals surface area contributed by atoms with E-state index in [2.05, 4.69) is 40.8 Å². The number of rotatable bonds is 3. The Morgan fingerprint density at radius 2 is 2.23 bits per heavy atom. The quantitative estimate of drug-likeness (QED) is 0.619. The zero-order valence-corrected chi connectivity index (χ0v) is 9.97. The zero-order valence-electron chi connectivity index (χ0n) is 7.06. The average molecular weight is 306 g/mol. The van der Waals surface area contributed by atoms with E-state index in [-0.39, 0.29) is 0 Å². The lowest BCUT2D eigenvalue weighted by Gasteiger charge is -2.03. The highest BCUT2D eigenvalue weighted by molar-refractivity contribution is 14.1. The van der Waals surface area contributed by atoms with Gasteiger partial charge in [0.1, 0.15) is 0 Å². The third-order valence-electron chi connectivity index (χ3n) is 1.78. The first-order valence-corrected chi connectivity index (χ1v) is 5.59. The first-order valence-electron chi connectivity index (χ1n) is 3.98. The molecule has 0 N–H and O–H groups in total. The van der Waals surface area contributed by atoms with Crippen LogP contribution < -0.4 is 0 Å². The summed E-state index contributed by atoms with van der Waals surface area (Å²) in [5.74, 6) is 0.540. The minimum absolute atomic E-state index is 0.540. The molecule has 0 aliphatic heterocycles. The summed E-state index contributed by atoms with van der Waals surface area (Å²) < 4.78 is 1.19. The molecule has 0 unspecified atom stereocenters. The van der Waals surface area contributed by atoms with Crippen molar-refractivity contribution in [2.24, 2.45) is 0 Å². The molecule has 1 rings (SSSR count). The van der Waals surface area contributed by atoms with Crippen molar-refractivity contribution < 1.29 is 0 Å². The van der Waals surface area contributed by atoms with Crippen molar-refractivity contribution in [3.05, 3.63) is 32.9 Å². The van der Waals surface area contributed by atoms with Crippen molar-refractivity contribution in [3.8, 4) is 6.07 Å². The van der Waals surface area contributed by atoms with E-state index in [9.17, 15) is 0 Å². The molecule has 0 aliphatic rings. The first kappa shape index (κ1) is 10.8. The van der Waals surface area contributed by atoms with Crippen LogP contribution in [0.4, 0.5) is 0 Å². The molecule has 0 bridgehead atoms. The number of benzene rings is 1. The molecule has 1 nitrogen and oxygen atoms in total. The Hall–Kier alpha value is -0.270. The van der Waals surface area contributed by atoms with Crippen LogP contribution in [0.25, 0.3) is 0 Å². The van der Waals surface area contributed by atoms with Crippen molar-refractivity contribution in [2.75, 3.05) is 0 Å². The van der Waals surface area contributed by atoms with E-state index in [4.69, 9.17) is 16.9 Å². The van der Waals surface area contributed by atoms with E-state index in [1.165, 1.54) is 9.13 Å². The second-order valence-electron chi connectivity index (χ2n) is 2.72. The van der Waals surface area contributed by atoms with Crippen molar-refractivity contribution in [1.29, 1.82) is 5.26 Å². The fourth-order valence-electron chi connectivity index (χ4n) is 1.09. The maximum absolute atomic E-state index is 8.43. The van der Waals surface area contributed by atoms with Crippen LogP contribution >= 0.6 is 34.2 Å². The Morgan fingerprint density at radius 3 is 2.85 bits per heavy atom. The highest BCUT2D eigenvalue weighted by atomic mass is 127. The summed E-state index contributed by atoms with van der Waals surface area (Å²) in [6, 6.07) is 8.31. The minimum Gasteiger partial charge on any atom is -0.198 e. The van der Waals surface area contributed by atoms with Crippen molar-refractivity contribution in [1.82, 2.24) is 0 Å². The van der Waals surface area contributed by atoms with Crippen LogP contribution in [0, 0.1) is 14.9 Å². The molecule has 13 heavy (non-hydrogen) atoms. The largest absolute Gasteiger partial charge is 0.198 e. The molecule has 68 valence electrons. The summed E-state index contributed by atoms with van der Waals surface area (Å²) >= 11 is 8.03. The highest BCUT2D eigenvalue weighted by Gasteiger charge is 1.99. The average Bonchev–Trinajstić information content (AvgIpc) is 2.16. The lowest BCUT2D eigenvalue weighted by atomic mass is 10.1. The first-order chi connectivity index (χ1) is 6.27. The van der Waals surface area contributed by atoms with Gasteiger partial charge in [-0.3, -0.25) is 0 Å². The molecule has 0 saturated carbocycles. The molecule has 3 heteroatoms. The van der Waals surface area contributed by atoms with E-state index >= 15 is 0 Å². The molecule has 0 aliphatic carbocycles. The zero-order chi connectivity index (χ0) is 9.68. The van der Waals surface area contributed by atoms with Crippen LogP contribution in [0.3, 0.4) is 0 Å². The normalized spacial score (nSPS) is 9.62. The Balaban J connectivity index is 2.81. The third-order valence-corrected chi connectivity index (χ3v) is 3.12. The van der Waals surface area contributed by atoms with Gasteiger partial charge in [-0.1, -0.05) is 12.1 Å². The standard InChI is InChI=1S/C10H9ClIN/c11-7-9-6-8(2-1-5-13)3-4-10(9)12/h3-4,6H,1-2,7H2. The van der Waals surface area contributed by atoms with Gasteiger partial charge in [0, 0.05) is 15.9 Å². The number of halogens is 2. The van der Waals surface area contributed by atoms with E-state index in [0.717, 1.165) is 12.0 Å². The third kappa shape index (κ3) is 3.17. The predicted octanol–water partition coefficient (Wildman–Crippen LogP) is 3.49. The molecule has 0 amide bonds. The van der Waals surface area contributed by atoms with E-state index in [1.54, 1.807) is 0 Å². The Kier molecular flexibility index (Phi) is 4.54. The van der Waals surface area contributed by atoms with Crippen LogP contribution in [-0.4, -0.2) is 0 Å². The van der Waals surface area contributed by atoms with Gasteiger partial charge in [0.05, 0.1) is 6.07 Å². The van der Waals surface area contributed by atoms with E-state index < -0.39 is 0 Å². The number of hydrogen-bond donors (Lipinski definition) is 0. The summed E-state index contributed by atoms with van der Waals surface area (Å²) in [6.45, 7) is 0. The summed E-state index contributed by atoms with van der Waals surface area (Å²) in [5.41, 5.74) is 2.34. The smallest absolute Gasteiger partial charge is 0.0625 e. The van der Waals surface area contributed by atoms with Gasteiger partial charge >= 0.3 is 0 Å². The van der Waals surface area contributed by atoms with Gasteiger partial charge in [0.25, 0.3) is 0 Å². The van der Waals surface area contributed by atoms with Gasteiger partial charge in [-0.15, -0.1) is 11.6 Å². The number of aryl methyl sites for hydroxylation is 1. The fraction of sp³-hybridized carbons (Fsp3) is 0.300. The molecule has 0 radical (unpaired) electrons. The summed E-state index contributed by atoms with van der Waals surface area (Å²) in [5, 5.41) is 8.43. The number of alkyl halides is 1. The van der Waals surface area contributed by atoms with E-state index in [1.807, 2.05) is 6.07 Å². The second-order valence-corrected chi connectivity index (χ2v) is 4.15. The monoisotopic (exact) mass is 305 g/mol.